The molecule has 31 heavy (non-hydrogen) atoms. The Morgan fingerprint density at radius 2 is 1.90 bits per heavy atom. The maximum atomic E-state index is 13.1. The monoisotopic (exact) mass is 453 g/mol. The van der Waals surface area contributed by atoms with Crippen molar-refractivity contribution in [2.24, 2.45) is 0 Å². The molecule has 0 atom stereocenters. The number of hydrogen-bond donors (Lipinski definition) is 2. The molecule has 0 unspecified atom stereocenters. The molecule has 0 aliphatic heterocycles. The van der Waals surface area contributed by atoms with Crippen LogP contribution in [-0.4, -0.2) is 20.2 Å². The molecule has 5 aromatic rings. The van der Waals surface area contributed by atoms with Gasteiger partial charge in [-0.05, 0) is 47.9 Å². The van der Waals surface area contributed by atoms with Gasteiger partial charge in [-0.2, -0.15) is 5.10 Å². The van der Waals surface area contributed by atoms with Crippen LogP contribution < -0.4 is 10.1 Å². The summed E-state index contributed by atoms with van der Waals surface area (Å²) >= 11 is 8.10. The SMILES string of the molecule is Cc1c(Cl)c(OCc2ccncc2)nc2sc3c(NCc4ccc(F)cc4)n[nH]c3c12. The first-order chi connectivity index (χ1) is 15.1. The lowest BCUT2D eigenvalue weighted by Crippen LogP contribution is -1.99. The standard InChI is InChI=1S/C22H17ClFN5OS/c1-12-16-18-19(20(29-28-18)26-10-13-2-4-15(24)5-3-13)31-22(16)27-21(17(12)23)30-11-14-6-8-25-9-7-14/h2-9H,10-11H2,1H3,(H2,26,28,29). The van der Waals surface area contributed by atoms with Gasteiger partial charge in [0.25, 0.3) is 0 Å². The van der Waals surface area contributed by atoms with E-state index in [1.165, 1.54) is 23.5 Å². The van der Waals surface area contributed by atoms with E-state index in [-0.39, 0.29) is 5.82 Å². The first-order valence-electron chi connectivity index (χ1n) is 9.57. The van der Waals surface area contributed by atoms with Crippen molar-refractivity contribution in [3.05, 3.63) is 76.3 Å². The Morgan fingerprint density at radius 3 is 2.68 bits per heavy atom. The molecule has 4 aromatic heterocycles. The van der Waals surface area contributed by atoms with Crippen LogP contribution in [0.25, 0.3) is 20.4 Å². The number of nitrogens with zero attached hydrogens (tertiary/aromatic N) is 3. The number of aryl methyl sites for hydroxylation is 1. The maximum absolute atomic E-state index is 13.1. The minimum absolute atomic E-state index is 0.254. The number of hydrogen-bond acceptors (Lipinski definition) is 6. The highest BCUT2D eigenvalue weighted by molar-refractivity contribution is 7.26. The van der Waals surface area contributed by atoms with E-state index in [0.29, 0.717) is 24.1 Å². The Balaban J connectivity index is 1.45. The summed E-state index contributed by atoms with van der Waals surface area (Å²) in [6, 6.07) is 10.2. The van der Waals surface area contributed by atoms with Gasteiger partial charge in [0.15, 0.2) is 5.82 Å². The molecule has 5 rings (SSSR count). The van der Waals surface area contributed by atoms with Crippen LogP contribution in [0.1, 0.15) is 16.7 Å². The van der Waals surface area contributed by atoms with Gasteiger partial charge in [0.1, 0.15) is 22.3 Å². The van der Waals surface area contributed by atoms with Crippen molar-refractivity contribution >= 4 is 49.2 Å². The Bertz CT molecular complexity index is 1370. The van der Waals surface area contributed by atoms with Gasteiger partial charge in [0.05, 0.1) is 10.2 Å². The van der Waals surface area contributed by atoms with Crippen LogP contribution in [0.15, 0.2) is 48.8 Å². The number of fused-ring (bicyclic) bond motifs is 3. The molecule has 0 aliphatic rings. The zero-order chi connectivity index (χ0) is 21.4. The van der Waals surface area contributed by atoms with Gasteiger partial charge in [-0.1, -0.05) is 23.7 Å². The number of nitrogens with one attached hydrogen (secondary N) is 2. The molecular weight excluding hydrogens is 437 g/mol. The number of anilines is 1. The molecule has 0 amide bonds. The second-order valence-corrected chi connectivity index (χ2v) is 8.42. The third-order valence-corrected chi connectivity index (χ3v) is 6.51. The second-order valence-electron chi connectivity index (χ2n) is 7.04. The van der Waals surface area contributed by atoms with Gasteiger partial charge in [-0.25, -0.2) is 9.37 Å². The number of rotatable bonds is 6. The Kier molecular flexibility index (Phi) is 5.17. The molecule has 0 saturated carbocycles. The van der Waals surface area contributed by atoms with Crippen LogP contribution in [0.2, 0.25) is 5.02 Å². The lowest BCUT2D eigenvalue weighted by molar-refractivity contribution is 0.295. The number of aromatic nitrogens is 4. The quantitative estimate of drug-likeness (QED) is 0.337. The molecule has 0 spiro atoms. The Labute approximate surface area is 186 Å². The van der Waals surface area contributed by atoms with E-state index in [2.05, 4.69) is 25.5 Å². The summed E-state index contributed by atoms with van der Waals surface area (Å²) in [5.74, 6) is 0.870. The highest BCUT2D eigenvalue weighted by atomic mass is 35.5. The lowest BCUT2D eigenvalue weighted by Gasteiger charge is -2.09. The van der Waals surface area contributed by atoms with Crippen molar-refractivity contribution in [2.75, 3.05) is 5.32 Å². The second kappa shape index (κ2) is 8.13. The van der Waals surface area contributed by atoms with Gasteiger partial charge < -0.3 is 10.1 Å². The van der Waals surface area contributed by atoms with Gasteiger partial charge in [-0.3, -0.25) is 10.1 Å². The topological polar surface area (TPSA) is 75.7 Å². The molecule has 1 aromatic carbocycles. The summed E-state index contributed by atoms with van der Waals surface area (Å²) in [4.78, 5) is 9.49. The van der Waals surface area contributed by atoms with Crippen LogP contribution in [-0.2, 0) is 13.2 Å². The lowest BCUT2D eigenvalue weighted by atomic mass is 10.2. The first-order valence-corrected chi connectivity index (χ1v) is 10.8. The number of pyridine rings is 2. The van der Waals surface area contributed by atoms with E-state index >= 15 is 0 Å². The van der Waals surface area contributed by atoms with Crippen LogP contribution in [0, 0.1) is 12.7 Å². The van der Waals surface area contributed by atoms with E-state index in [9.17, 15) is 4.39 Å². The summed E-state index contributed by atoms with van der Waals surface area (Å²) in [5, 5.41) is 12.2. The van der Waals surface area contributed by atoms with Crippen molar-refractivity contribution in [3.63, 3.8) is 0 Å². The number of thiophene rings is 1. The third kappa shape index (κ3) is 3.80. The predicted octanol–water partition coefficient (Wildman–Crippen LogP) is 5.86. The first kappa shape index (κ1) is 19.7. The molecule has 6 nitrogen and oxygen atoms in total. The molecule has 0 aliphatic carbocycles. The normalized spacial score (nSPS) is 11.3. The fraction of sp³-hybridized carbons (Fsp3) is 0.136. The smallest absolute Gasteiger partial charge is 0.234 e. The summed E-state index contributed by atoms with van der Waals surface area (Å²) in [5.41, 5.74) is 3.72. The van der Waals surface area contributed by atoms with Crippen LogP contribution in [0.3, 0.4) is 0 Å². The molecule has 156 valence electrons. The third-order valence-electron chi connectivity index (χ3n) is 4.98. The van der Waals surface area contributed by atoms with Gasteiger partial charge in [-0.15, -0.1) is 11.3 Å². The van der Waals surface area contributed by atoms with Crippen LogP contribution in [0.4, 0.5) is 10.2 Å². The van der Waals surface area contributed by atoms with Crippen molar-refractivity contribution in [3.8, 4) is 5.88 Å². The maximum Gasteiger partial charge on any atom is 0.234 e. The van der Waals surface area contributed by atoms with Crippen molar-refractivity contribution in [1.82, 2.24) is 20.2 Å². The number of halogens is 2. The summed E-state index contributed by atoms with van der Waals surface area (Å²) < 4.78 is 20.0. The molecule has 0 saturated heterocycles. The number of ether oxygens (including phenoxy) is 1. The summed E-state index contributed by atoms with van der Waals surface area (Å²) in [6.45, 7) is 2.83. The van der Waals surface area contributed by atoms with Crippen molar-refractivity contribution < 1.29 is 9.13 Å². The van der Waals surface area contributed by atoms with Crippen molar-refractivity contribution in [1.29, 1.82) is 0 Å². The van der Waals surface area contributed by atoms with E-state index in [1.807, 2.05) is 19.1 Å². The zero-order valence-corrected chi connectivity index (χ0v) is 18.0. The molecular formula is C22H17ClFN5OS. The van der Waals surface area contributed by atoms with E-state index in [1.54, 1.807) is 24.5 Å². The average molecular weight is 454 g/mol. The molecule has 0 fully saturated rings. The molecule has 0 bridgehead atoms. The Morgan fingerprint density at radius 1 is 1.13 bits per heavy atom. The summed E-state index contributed by atoms with van der Waals surface area (Å²) in [6.07, 6.45) is 3.44. The molecule has 4 heterocycles. The largest absolute Gasteiger partial charge is 0.472 e. The van der Waals surface area contributed by atoms with Gasteiger partial charge in [0.2, 0.25) is 5.88 Å². The summed E-state index contributed by atoms with van der Waals surface area (Å²) in [7, 11) is 0. The molecule has 0 radical (unpaired) electrons. The number of aromatic amines is 1. The predicted molar refractivity (Wildman–Crippen MR) is 121 cm³/mol. The average Bonchev–Trinajstić information content (AvgIpc) is 3.34. The Hall–Kier alpha value is -3.23. The molecule has 2 N–H and O–H groups in total. The van der Waals surface area contributed by atoms with E-state index in [0.717, 1.165) is 42.9 Å². The van der Waals surface area contributed by atoms with Crippen LogP contribution in [0.5, 0.6) is 5.88 Å². The minimum Gasteiger partial charge on any atom is -0.472 e. The number of benzene rings is 1. The van der Waals surface area contributed by atoms with E-state index < -0.39 is 0 Å². The zero-order valence-electron chi connectivity index (χ0n) is 16.4. The number of H-pyrrole nitrogens is 1. The minimum atomic E-state index is -0.254. The highest BCUT2D eigenvalue weighted by Gasteiger charge is 2.20. The van der Waals surface area contributed by atoms with Gasteiger partial charge >= 0.3 is 0 Å². The highest BCUT2D eigenvalue weighted by Crippen LogP contribution is 2.42. The van der Waals surface area contributed by atoms with Crippen LogP contribution >= 0.6 is 22.9 Å². The molecule has 9 heteroatoms. The van der Waals surface area contributed by atoms with E-state index in [4.69, 9.17) is 16.3 Å². The fourth-order valence-corrected chi connectivity index (χ4v) is 4.66. The fourth-order valence-electron chi connectivity index (χ4n) is 3.33. The van der Waals surface area contributed by atoms with Crippen molar-refractivity contribution in [2.45, 2.75) is 20.1 Å². The van der Waals surface area contributed by atoms with Gasteiger partial charge in [0, 0.05) is 24.3 Å².